The molecule has 114 valence electrons. The number of carbonyl (C=O) groups excluding carboxylic acids is 1. The van der Waals surface area contributed by atoms with Crippen LogP contribution < -0.4 is 0 Å². The van der Waals surface area contributed by atoms with E-state index in [1.54, 1.807) is 23.9 Å². The summed E-state index contributed by atoms with van der Waals surface area (Å²) in [5.74, 6) is -3.42. The average molecular weight is 318 g/mol. The van der Waals surface area contributed by atoms with Crippen molar-refractivity contribution in [1.82, 2.24) is 0 Å². The Morgan fingerprint density at radius 3 is 2.09 bits per heavy atom. The van der Waals surface area contributed by atoms with E-state index in [-0.39, 0.29) is 0 Å². The molecule has 0 spiro atoms. The molecule has 22 heavy (non-hydrogen) atoms. The second-order valence-electron chi connectivity index (χ2n) is 4.80. The largest absolute Gasteiger partial charge is 0.481 e. The van der Waals surface area contributed by atoms with Gasteiger partial charge in [0.1, 0.15) is 12.1 Å². The van der Waals surface area contributed by atoms with Crippen LogP contribution in [0.1, 0.15) is 23.0 Å². The van der Waals surface area contributed by atoms with Crippen molar-refractivity contribution in [3.63, 3.8) is 0 Å². The van der Waals surface area contributed by atoms with E-state index in [4.69, 9.17) is 0 Å². The number of carboxylic acid groups (broad SMARTS) is 1. The molecule has 3 nitrogen and oxygen atoms in total. The van der Waals surface area contributed by atoms with Crippen molar-refractivity contribution in [3.8, 4) is 0 Å². The van der Waals surface area contributed by atoms with Crippen LogP contribution >= 0.6 is 11.8 Å². The summed E-state index contributed by atoms with van der Waals surface area (Å²) in [6.07, 6.45) is 2.57. The predicted octanol–water partition coefficient (Wildman–Crippen LogP) is 3.70. The van der Waals surface area contributed by atoms with Crippen LogP contribution in [0.25, 0.3) is 0 Å². The molecule has 5 heteroatoms. The molecule has 2 aromatic carbocycles. The smallest absolute Gasteiger partial charge is 0.312 e. The van der Waals surface area contributed by atoms with Gasteiger partial charge in [0.05, 0.1) is 11.8 Å². The van der Waals surface area contributed by atoms with Gasteiger partial charge in [0.2, 0.25) is 0 Å². The predicted molar refractivity (Wildman–Crippen MR) is 83.8 cm³/mol. The highest BCUT2D eigenvalue weighted by atomic mass is 32.2. The highest BCUT2D eigenvalue weighted by Gasteiger charge is 2.30. The molecule has 0 aromatic heterocycles. The number of hydrogen-bond acceptors (Lipinski definition) is 3. The zero-order valence-electron chi connectivity index (χ0n) is 11.9. The van der Waals surface area contributed by atoms with Gasteiger partial charge in [-0.2, -0.15) is 0 Å². The van der Waals surface area contributed by atoms with Gasteiger partial charge in [0.25, 0.3) is 0 Å². The van der Waals surface area contributed by atoms with Gasteiger partial charge < -0.3 is 9.90 Å². The molecule has 1 N–H and O–H groups in total. The zero-order chi connectivity index (χ0) is 16.1. The third kappa shape index (κ3) is 3.54. The van der Waals surface area contributed by atoms with Gasteiger partial charge in [0.15, 0.2) is 0 Å². The number of carboxylic acids is 1. The monoisotopic (exact) mass is 318 g/mol. The molecule has 2 atom stereocenters. The quantitative estimate of drug-likeness (QED) is 0.652. The maximum atomic E-state index is 13.0. The lowest BCUT2D eigenvalue weighted by molar-refractivity contribution is -0.140. The van der Waals surface area contributed by atoms with Crippen LogP contribution in [-0.2, 0) is 9.59 Å². The number of carbonyl (C=O) groups is 2. The van der Waals surface area contributed by atoms with Crippen molar-refractivity contribution < 1.29 is 19.1 Å². The summed E-state index contributed by atoms with van der Waals surface area (Å²) in [6, 6.07) is 12.4. The maximum Gasteiger partial charge on any atom is 0.312 e. The van der Waals surface area contributed by atoms with Crippen molar-refractivity contribution >= 4 is 24.0 Å². The Bertz CT molecular complexity index is 653. The summed E-state index contributed by atoms with van der Waals surface area (Å²) < 4.78 is 13.0. The molecular formula is C17H15FO3S. The van der Waals surface area contributed by atoms with Gasteiger partial charge >= 0.3 is 5.97 Å². The van der Waals surface area contributed by atoms with Crippen molar-refractivity contribution in [2.24, 2.45) is 0 Å². The summed E-state index contributed by atoms with van der Waals surface area (Å²) in [5, 5.41) is 9.50. The zero-order valence-corrected chi connectivity index (χ0v) is 12.7. The minimum absolute atomic E-state index is 0.403. The molecule has 0 fully saturated rings. The van der Waals surface area contributed by atoms with Gasteiger partial charge in [-0.15, -0.1) is 11.8 Å². The molecule has 0 aliphatic carbocycles. The lowest BCUT2D eigenvalue weighted by Gasteiger charge is -2.20. The van der Waals surface area contributed by atoms with Crippen LogP contribution in [0.15, 0.2) is 53.4 Å². The average Bonchev–Trinajstić information content (AvgIpc) is 2.53. The van der Waals surface area contributed by atoms with Crippen LogP contribution in [0.2, 0.25) is 0 Å². The molecule has 2 aromatic rings. The van der Waals surface area contributed by atoms with E-state index >= 15 is 0 Å². The highest BCUT2D eigenvalue weighted by Crippen LogP contribution is 2.33. The van der Waals surface area contributed by atoms with Crippen molar-refractivity contribution in [2.75, 3.05) is 6.26 Å². The van der Waals surface area contributed by atoms with Crippen molar-refractivity contribution in [2.45, 2.75) is 16.7 Å². The van der Waals surface area contributed by atoms with Crippen LogP contribution in [-0.4, -0.2) is 23.6 Å². The van der Waals surface area contributed by atoms with Crippen molar-refractivity contribution in [3.05, 3.63) is 65.5 Å². The highest BCUT2D eigenvalue weighted by molar-refractivity contribution is 7.98. The first kappa shape index (κ1) is 16.2. The van der Waals surface area contributed by atoms with Crippen LogP contribution in [0.5, 0.6) is 0 Å². The summed E-state index contributed by atoms with van der Waals surface area (Å²) in [6.45, 7) is 0. The van der Waals surface area contributed by atoms with E-state index in [2.05, 4.69) is 0 Å². The van der Waals surface area contributed by atoms with E-state index in [0.29, 0.717) is 17.4 Å². The van der Waals surface area contributed by atoms with E-state index in [1.165, 1.54) is 24.3 Å². The minimum Gasteiger partial charge on any atom is -0.481 e. The first-order valence-corrected chi connectivity index (χ1v) is 7.86. The van der Waals surface area contributed by atoms with Gasteiger partial charge in [-0.25, -0.2) is 4.39 Å². The third-order valence-corrected chi connectivity index (χ3v) is 4.25. The summed E-state index contributed by atoms with van der Waals surface area (Å²) >= 11 is 1.56. The van der Waals surface area contributed by atoms with E-state index in [9.17, 15) is 19.1 Å². The van der Waals surface area contributed by atoms with Crippen LogP contribution in [0, 0.1) is 5.82 Å². The van der Waals surface area contributed by atoms with Gasteiger partial charge in [-0.05, 0) is 41.6 Å². The van der Waals surface area contributed by atoms with E-state index in [1.807, 2.05) is 18.4 Å². The lowest BCUT2D eigenvalue weighted by atomic mass is 9.82. The summed E-state index contributed by atoms with van der Waals surface area (Å²) in [4.78, 5) is 24.2. The number of halogens is 1. The van der Waals surface area contributed by atoms with E-state index < -0.39 is 23.6 Å². The fourth-order valence-electron chi connectivity index (χ4n) is 2.35. The van der Waals surface area contributed by atoms with Gasteiger partial charge in [-0.3, -0.25) is 4.79 Å². The lowest BCUT2D eigenvalue weighted by Crippen LogP contribution is -2.21. The Labute approximate surface area is 132 Å². The fourth-order valence-corrected chi connectivity index (χ4v) is 2.76. The first-order chi connectivity index (χ1) is 10.6. The molecule has 0 saturated heterocycles. The molecule has 2 unspecified atom stereocenters. The van der Waals surface area contributed by atoms with Gasteiger partial charge in [-0.1, -0.05) is 24.3 Å². The number of aldehydes is 1. The summed E-state index contributed by atoms with van der Waals surface area (Å²) in [5.41, 5.74) is 1.03. The van der Waals surface area contributed by atoms with E-state index in [0.717, 1.165) is 4.90 Å². The first-order valence-electron chi connectivity index (χ1n) is 6.64. The molecule has 0 aliphatic heterocycles. The Morgan fingerprint density at radius 2 is 1.64 bits per heavy atom. The Morgan fingerprint density at radius 1 is 1.09 bits per heavy atom. The number of benzene rings is 2. The fraction of sp³-hybridized carbons (Fsp3) is 0.176. The molecular weight excluding hydrogens is 303 g/mol. The topological polar surface area (TPSA) is 54.4 Å². The Hall–Kier alpha value is -2.14. The SMILES string of the molecule is CSc1ccc(C(C=O)C(C(=O)O)c2ccc(F)cc2)cc1. The van der Waals surface area contributed by atoms with Crippen LogP contribution in [0.3, 0.4) is 0 Å². The second kappa shape index (κ2) is 7.22. The molecule has 0 heterocycles. The normalized spacial score (nSPS) is 13.4. The van der Waals surface area contributed by atoms with Crippen LogP contribution in [0.4, 0.5) is 4.39 Å². The number of hydrogen-bond donors (Lipinski definition) is 1. The Balaban J connectivity index is 2.41. The molecule has 0 saturated carbocycles. The molecule has 0 bridgehead atoms. The number of rotatable bonds is 6. The number of thioether (sulfide) groups is 1. The molecule has 0 aliphatic rings. The van der Waals surface area contributed by atoms with Crippen molar-refractivity contribution in [1.29, 1.82) is 0 Å². The summed E-state index contributed by atoms with van der Waals surface area (Å²) in [7, 11) is 0. The minimum atomic E-state index is -1.11. The molecule has 0 amide bonds. The standard InChI is InChI=1S/C17H15FO3S/c1-22-14-8-4-11(5-9-14)15(10-19)16(17(20)21)12-2-6-13(18)7-3-12/h2-10,15-16H,1H3,(H,20,21). The number of aliphatic carboxylic acids is 1. The van der Waals surface area contributed by atoms with Gasteiger partial charge in [0, 0.05) is 4.90 Å². The third-order valence-electron chi connectivity index (χ3n) is 3.50. The Kier molecular flexibility index (Phi) is 5.33. The second-order valence-corrected chi connectivity index (χ2v) is 5.68. The molecule has 2 rings (SSSR count). The molecule has 0 radical (unpaired) electrons. The maximum absolute atomic E-state index is 13.0.